The van der Waals surface area contributed by atoms with Crippen LogP contribution in [0.15, 0.2) is 4.99 Å². The minimum Gasteiger partial charge on any atom is -0.357 e. The van der Waals surface area contributed by atoms with Gasteiger partial charge >= 0.3 is 0 Å². The molecule has 24 heavy (non-hydrogen) atoms. The molecule has 10 heteroatoms. The van der Waals surface area contributed by atoms with E-state index in [1.54, 1.807) is 18.3 Å². The third-order valence-corrected chi connectivity index (χ3v) is 5.53. The van der Waals surface area contributed by atoms with Gasteiger partial charge in [0.1, 0.15) is 0 Å². The van der Waals surface area contributed by atoms with Crippen molar-refractivity contribution in [3.63, 3.8) is 0 Å². The average Bonchev–Trinajstić information content (AvgIpc) is 2.82. The summed E-state index contributed by atoms with van der Waals surface area (Å²) in [5.74, 6) is 0.842. The van der Waals surface area contributed by atoms with Crippen LogP contribution >= 0.6 is 35.3 Å². The van der Waals surface area contributed by atoms with E-state index in [2.05, 4.69) is 25.3 Å². The van der Waals surface area contributed by atoms with Crippen LogP contribution < -0.4 is 15.4 Å². The molecule has 1 aromatic rings. The summed E-state index contributed by atoms with van der Waals surface area (Å²) in [5.41, 5.74) is 1.03. The third kappa shape index (κ3) is 9.14. The summed E-state index contributed by atoms with van der Waals surface area (Å²) < 4.78 is 25.2. The van der Waals surface area contributed by atoms with Crippen molar-refractivity contribution < 1.29 is 8.42 Å². The van der Waals surface area contributed by atoms with Crippen molar-refractivity contribution in [3.8, 4) is 0 Å². The minimum atomic E-state index is -3.11. The number of sulfonamides is 1. The molecule has 3 N–H and O–H groups in total. The molecule has 0 bridgehead atoms. The van der Waals surface area contributed by atoms with Gasteiger partial charge in [0.2, 0.25) is 10.0 Å². The molecule has 0 atom stereocenters. The molecule has 0 aliphatic carbocycles. The van der Waals surface area contributed by atoms with Crippen molar-refractivity contribution in [3.05, 3.63) is 15.6 Å². The van der Waals surface area contributed by atoms with E-state index in [0.29, 0.717) is 26.1 Å². The number of hydrogen-bond donors (Lipinski definition) is 3. The second kappa shape index (κ2) is 12.0. The second-order valence-electron chi connectivity index (χ2n) is 5.01. The van der Waals surface area contributed by atoms with Crippen molar-refractivity contribution in [2.75, 3.05) is 25.4 Å². The summed E-state index contributed by atoms with van der Waals surface area (Å²) in [6.45, 7) is 10.1. The molecule has 1 rings (SSSR count). The highest BCUT2D eigenvalue weighted by atomic mass is 127. The van der Waals surface area contributed by atoms with Gasteiger partial charge < -0.3 is 10.6 Å². The average molecular weight is 489 g/mol. The number of guanidine groups is 1. The number of aryl methyl sites for hydroxylation is 2. The highest BCUT2D eigenvalue weighted by molar-refractivity contribution is 14.0. The molecule has 1 heterocycles. The SMILES string of the molecule is CCNC(=NCc1sc(C)nc1C)NCCCNS(=O)(=O)CC.I. The van der Waals surface area contributed by atoms with Crippen molar-refractivity contribution in [1.29, 1.82) is 0 Å². The molecule has 0 amide bonds. The predicted molar refractivity (Wildman–Crippen MR) is 112 cm³/mol. The smallest absolute Gasteiger partial charge is 0.211 e. The van der Waals surface area contributed by atoms with Crippen molar-refractivity contribution in [1.82, 2.24) is 20.3 Å². The molecule has 1 aromatic heterocycles. The molecule has 7 nitrogen and oxygen atoms in total. The van der Waals surface area contributed by atoms with E-state index >= 15 is 0 Å². The Hall–Kier alpha value is -0.460. The maximum Gasteiger partial charge on any atom is 0.211 e. The highest BCUT2D eigenvalue weighted by Gasteiger charge is 2.06. The molecule has 0 saturated heterocycles. The van der Waals surface area contributed by atoms with E-state index in [1.165, 1.54) is 0 Å². The van der Waals surface area contributed by atoms with E-state index in [4.69, 9.17) is 0 Å². The maximum absolute atomic E-state index is 11.3. The van der Waals surface area contributed by atoms with Gasteiger partial charge in [-0.3, -0.25) is 0 Å². The van der Waals surface area contributed by atoms with E-state index < -0.39 is 10.0 Å². The van der Waals surface area contributed by atoms with Gasteiger partial charge in [-0.1, -0.05) is 0 Å². The van der Waals surface area contributed by atoms with Crippen LogP contribution in [0.2, 0.25) is 0 Å². The van der Waals surface area contributed by atoms with Crippen molar-refractivity contribution >= 4 is 51.3 Å². The fourth-order valence-electron chi connectivity index (χ4n) is 1.84. The molecule has 0 aromatic carbocycles. The zero-order valence-corrected chi connectivity index (χ0v) is 18.6. The van der Waals surface area contributed by atoms with Crippen LogP contribution in [0.1, 0.15) is 35.8 Å². The number of thiazole rings is 1. The summed E-state index contributed by atoms with van der Waals surface area (Å²) in [5, 5.41) is 7.44. The van der Waals surface area contributed by atoms with Crippen LogP contribution in [-0.2, 0) is 16.6 Å². The summed E-state index contributed by atoms with van der Waals surface area (Å²) in [6, 6.07) is 0. The monoisotopic (exact) mass is 489 g/mol. The topological polar surface area (TPSA) is 95.5 Å². The number of aromatic nitrogens is 1. The second-order valence-corrected chi connectivity index (χ2v) is 8.40. The van der Waals surface area contributed by atoms with E-state index in [-0.39, 0.29) is 29.7 Å². The molecular weight excluding hydrogens is 461 g/mol. The van der Waals surface area contributed by atoms with Gasteiger partial charge in [-0.15, -0.1) is 35.3 Å². The first kappa shape index (κ1) is 23.5. The van der Waals surface area contributed by atoms with Crippen molar-refractivity contribution in [2.24, 2.45) is 4.99 Å². The quantitative estimate of drug-likeness (QED) is 0.213. The van der Waals surface area contributed by atoms with Gasteiger partial charge in [0.15, 0.2) is 5.96 Å². The van der Waals surface area contributed by atoms with Gasteiger partial charge in [-0.25, -0.2) is 23.1 Å². The molecule has 0 unspecified atom stereocenters. The van der Waals surface area contributed by atoms with Crippen LogP contribution in [0, 0.1) is 13.8 Å². The van der Waals surface area contributed by atoms with Gasteiger partial charge in [-0.05, 0) is 34.1 Å². The fraction of sp³-hybridized carbons (Fsp3) is 0.714. The first-order valence-electron chi connectivity index (χ1n) is 7.80. The van der Waals surface area contributed by atoms with E-state index in [9.17, 15) is 8.42 Å². The Morgan fingerprint density at radius 1 is 1.21 bits per heavy atom. The Kier molecular flexibility index (Phi) is 11.8. The van der Waals surface area contributed by atoms with Crippen LogP contribution in [0.25, 0.3) is 0 Å². The summed E-state index contributed by atoms with van der Waals surface area (Å²) in [4.78, 5) is 10.1. The fourth-order valence-corrected chi connectivity index (χ4v) is 3.36. The number of nitrogens with one attached hydrogen (secondary N) is 3. The lowest BCUT2D eigenvalue weighted by Gasteiger charge is -2.11. The highest BCUT2D eigenvalue weighted by Crippen LogP contribution is 2.17. The number of nitrogens with zero attached hydrogens (tertiary/aromatic N) is 2. The molecule has 0 aliphatic rings. The number of aliphatic imine (C=N–C) groups is 1. The lowest BCUT2D eigenvalue weighted by molar-refractivity contribution is 0.579. The normalized spacial score (nSPS) is 11.9. The first-order valence-corrected chi connectivity index (χ1v) is 10.3. The van der Waals surface area contributed by atoms with Crippen LogP contribution in [0.4, 0.5) is 0 Å². The zero-order chi connectivity index (χ0) is 17.3. The Labute approximate surface area is 166 Å². The molecule has 140 valence electrons. The summed E-state index contributed by atoms with van der Waals surface area (Å²) in [6.07, 6.45) is 0.697. The predicted octanol–water partition coefficient (Wildman–Crippen LogP) is 1.76. The third-order valence-electron chi connectivity index (χ3n) is 3.07. The van der Waals surface area contributed by atoms with Gasteiger partial charge in [0, 0.05) is 24.5 Å². The van der Waals surface area contributed by atoms with E-state index in [0.717, 1.165) is 28.1 Å². The molecular formula is C14H28IN5O2S2. The number of hydrogen-bond acceptors (Lipinski definition) is 5. The maximum atomic E-state index is 11.3. The van der Waals surface area contributed by atoms with Crippen LogP contribution in [-0.4, -0.2) is 44.7 Å². The lowest BCUT2D eigenvalue weighted by Crippen LogP contribution is -2.38. The zero-order valence-electron chi connectivity index (χ0n) is 14.7. The van der Waals surface area contributed by atoms with Gasteiger partial charge in [-0.2, -0.15) is 0 Å². The van der Waals surface area contributed by atoms with Gasteiger partial charge in [0.25, 0.3) is 0 Å². The minimum absolute atomic E-state index is 0. The Morgan fingerprint density at radius 2 is 1.92 bits per heavy atom. The number of rotatable bonds is 9. The Bertz CT molecular complexity index is 617. The van der Waals surface area contributed by atoms with Crippen molar-refractivity contribution in [2.45, 2.75) is 40.7 Å². The van der Waals surface area contributed by atoms with Crippen LogP contribution in [0.5, 0.6) is 0 Å². The first-order chi connectivity index (χ1) is 10.9. The Balaban J connectivity index is 0.00000529. The summed E-state index contributed by atoms with van der Waals surface area (Å²) >= 11 is 1.66. The lowest BCUT2D eigenvalue weighted by atomic mass is 10.4. The Morgan fingerprint density at radius 3 is 2.46 bits per heavy atom. The number of halogens is 1. The standard InChI is InChI=1S/C14H27N5O2S2.HI/c1-5-15-14(16-8-7-9-18-23(20,21)6-2)17-10-13-11(3)19-12(4)22-13;/h18H,5-10H2,1-4H3,(H2,15,16,17);1H. The molecule has 0 spiro atoms. The molecule has 0 saturated carbocycles. The largest absolute Gasteiger partial charge is 0.357 e. The van der Waals surface area contributed by atoms with E-state index in [1.807, 2.05) is 20.8 Å². The summed E-state index contributed by atoms with van der Waals surface area (Å²) in [7, 11) is -3.11. The molecule has 0 radical (unpaired) electrons. The van der Waals surface area contributed by atoms with Crippen LogP contribution in [0.3, 0.4) is 0 Å². The molecule has 0 fully saturated rings. The van der Waals surface area contributed by atoms with Gasteiger partial charge in [0.05, 0.1) is 23.0 Å². The molecule has 0 aliphatic heterocycles.